The van der Waals surface area contributed by atoms with Crippen LogP contribution in [0.4, 0.5) is 0 Å². The van der Waals surface area contributed by atoms with Crippen LogP contribution in [0.3, 0.4) is 0 Å². The zero-order valence-corrected chi connectivity index (χ0v) is 17.7. The molecule has 2 aromatic carbocycles. The monoisotopic (exact) mass is 432 g/mol. The maximum atomic E-state index is 13.2. The molecule has 160 valence electrons. The van der Waals surface area contributed by atoms with E-state index in [9.17, 15) is 24.6 Å². The number of carboxylic acids is 2. The molecule has 8 nitrogen and oxygen atoms in total. The van der Waals surface area contributed by atoms with Crippen LogP contribution in [0.2, 0.25) is 0 Å². The van der Waals surface area contributed by atoms with E-state index in [0.717, 1.165) is 5.39 Å². The van der Waals surface area contributed by atoms with E-state index in [-0.39, 0.29) is 5.56 Å². The summed E-state index contributed by atoms with van der Waals surface area (Å²) >= 11 is 1.18. The number of rotatable bonds is 7. The number of hydrogen-bond acceptors (Lipinski definition) is 6. The third-order valence-corrected chi connectivity index (χ3v) is 6.48. The van der Waals surface area contributed by atoms with Crippen molar-refractivity contribution in [3.63, 3.8) is 0 Å². The molecule has 1 fully saturated rings. The molecular formula is C21H24N2O6S. The van der Waals surface area contributed by atoms with Crippen LogP contribution in [0.25, 0.3) is 10.8 Å². The average molecular weight is 432 g/mol. The second-order valence-corrected chi connectivity index (χ2v) is 9.26. The standard InChI is InChI=1S/C21H24N2O6S/c1-4-29-13-10-9-11-7-5-6-8-12(11)14(13)17(24)22-15(19(25)26)18-23-16(20(27)28)21(2,3)30-18/h5-10,15-16,18,23H,4H2,1-3H3,(H,22,24)(H,25,26)(H,27,28)/t15-,16-,18?/m0/s1. The molecule has 1 aliphatic rings. The SMILES string of the molecule is CCOc1ccc2ccccc2c1C(=O)N[C@H](C(=O)O)C1N[C@@H](C(=O)O)C(C)(C)S1. The minimum Gasteiger partial charge on any atom is -0.493 e. The van der Waals surface area contributed by atoms with Crippen molar-refractivity contribution in [1.29, 1.82) is 0 Å². The third kappa shape index (κ3) is 4.22. The van der Waals surface area contributed by atoms with Crippen molar-refractivity contribution in [2.75, 3.05) is 6.61 Å². The van der Waals surface area contributed by atoms with Gasteiger partial charge in [0.1, 0.15) is 11.8 Å². The van der Waals surface area contributed by atoms with E-state index in [4.69, 9.17) is 4.74 Å². The number of amides is 1. The molecule has 4 N–H and O–H groups in total. The molecule has 0 aliphatic carbocycles. The number of carboxylic acid groups (broad SMARTS) is 2. The van der Waals surface area contributed by atoms with Gasteiger partial charge in [0.15, 0.2) is 6.04 Å². The molecule has 1 unspecified atom stereocenters. The zero-order chi connectivity index (χ0) is 22.1. The second-order valence-electron chi connectivity index (χ2n) is 7.46. The van der Waals surface area contributed by atoms with Gasteiger partial charge in [0, 0.05) is 4.75 Å². The van der Waals surface area contributed by atoms with Gasteiger partial charge in [-0.15, -0.1) is 11.8 Å². The minimum absolute atomic E-state index is 0.248. The van der Waals surface area contributed by atoms with Crippen LogP contribution in [0.5, 0.6) is 5.75 Å². The van der Waals surface area contributed by atoms with E-state index in [1.165, 1.54) is 11.8 Å². The van der Waals surface area contributed by atoms with E-state index >= 15 is 0 Å². The van der Waals surface area contributed by atoms with Crippen LogP contribution in [0.1, 0.15) is 31.1 Å². The van der Waals surface area contributed by atoms with E-state index < -0.39 is 40.1 Å². The highest BCUT2D eigenvalue weighted by atomic mass is 32.2. The Labute approximate surface area is 178 Å². The van der Waals surface area contributed by atoms with Gasteiger partial charge in [0.25, 0.3) is 5.91 Å². The van der Waals surface area contributed by atoms with Gasteiger partial charge < -0.3 is 20.3 Å². The largest absolute Gasteiger partial charge is 0.493 e. The van der Waals surface area contributed by atoms with Gasteiger partial charge >= 0.3 is 11.9 Å². The molecule has 3 rings (SSSR count). The van der Waals surface area contributed by atoms with Crippen molar-refractivity contribution in [2.24, 2.45) is 0 Å². The summed E-state index contributed by atoms with van der Waals surface area (Å²) < 4.78 is 4.86. The van der Waals surface area contributed by atoms with Gasteiger partial charge in [0.2, 0.25) is 0 Å². The van der Waals surface area contributed by atoms with Gasteiger partial charge in [-0.2, -0.15) is 0 Å². The van der Waals surface area contributed by atoms with E-state index in [0.29, 0.717) is 17.7 Å². The molecule has 9 heteroatoms. The Morgan fingerprint density at radius 2 is 1.90 bits per heavy atom. The Bertz CT molecular complexity index is 993. The van der Waals surface area contributed by atoms with Crippen molar-refractivity contribution in [3.8, 4) is 5.75 Å². The highest BCUT2D eigenvalue weighted by Crippen LogP contribution is 2.39. The maximum absolute atomic E-state index is 13.2. The maximum Gasteiger partial charge on any atom is 0.328 e. The molecule has 0 aromatic heterocycles. The molecule has 0 radical (unpaired) electrons. The predicted octanol–water partition coefficient (Wildman–Crippen LogP) is 2.32. The van der Waals surface area contributed by atoms with Gasteiger partial charge in [-0.05, 0) is 37.6 Å². The number of thioether (sulfide) groups is 1. The molecule has 2 aromatic rings. The van der Waals surface area contributed by atoms with Crippen molar-refractivity contribution in [3.05, 3.63) is 42.0 Å². The lowest BCUT2D eigenvalue weighted by Crippen LogP contribution is -2.53. The van der Waals surface area contributed by atoms with Crippen molar-refractivity contribution in [2.45, 2.75) is 43.0 Å². The first kappa shape index (κ1) is 21.9. The summed E-state index contributed by atoms with van der Waals surface area (Å²) in [7, 11) is 0. The molecule has 0 bridgehead atoms. The van der Waals surface area contributed by atoms with Crippen molar-refractivity contribution >= 4 is 40.4 Å². The van der Waals surface area contributed by atoms with Crippen LogP contribution in [0.15, 0.2) is 36.4 Å². The lowest BCUT2D eigenvalue weighted by Gasteiger charge is -2.23. The van der Waals surface area contributed by atoms with Crippen LogP contribution >= 0.6 is 11.8 Å². The number of fused-ring (bicyclic) bond motifs is 1. The summed E-state index contributed by atoms with van der Waals surface area (Å²) in [6.45, 7) is 5.59. The first-order valence-corrected chi connectivity index (χ1v) is 10.4. The topological polar surface area (TPSA) is 125 Å². The molecule has 1 amide bonds. The number of hydrogen-bond donors (Lipinski definition) is 4. The lowest BCUT2D eigenvalue weighted by molar-refractivity contribution is -0.142. The number of benzene rings is 2. The molecule has 1 aliphatic heterocycles. The fourth-order valence-electron chi connectivity index (χ4n) is 3.57. The smallest absolute Gasteiger partial charge is 0.328 e. The normalized spacial score (nSPS) is 21.2. The third-order valence-electron chi connectivity index (χ3n) is 4.98. The Kier molecular flexibility index (Phi) is 6.23. The Morgan fingerprint density at radius 3 is 2.50 bits per heavy atom. The summed E-state index contributed by atoms with van der Waals surface area (Å²) in [6.07, 6.45) is 0. The highest BCUT2D eigenvalue weighted by Gasteiger charge is 2.49. The van der Waals surface area contributed by atoms with Crippen LogP contribution in [-0.4, -0.2) is 56.9 Å². The molecule has 30 heavy (non-hydrogen) atoms. The average Bonchev–Trinajstić information content (AvgIpc) is 3.00. The highest BCUT2D eigenvalue weighted by molar-refractivity contribution is 8.01. The summed E-state index contributed by atoms with van der Waals surface area (Å²) in [4.78, 5) is 36.7. The fraction of sp³-hybridized carbons (Fsp3) is 0.381. The number of carbonyl (C=O) groups is 3. The second kappa shape index (κ2) is 8.53. The van der Waals surface area contributed by atoms with Gasteiger partial charge in [-0.3, -0.25) is 14.9 Å². The first-order chi connectivity index (χ1) is 14.2. The van der Waals surface area contributed by atoms with E-state index in [1.807, 2.05) is 18.2 Å². The zero-order valence-electron chi connectivity index (χ0n) is 16.8. The summed E-state index contributed by atoms with van der Waals surface area (Å²) in [5, 5.41) is 25.2. The Balaban J connectivity index is 1.94. The van der Waals surface area contributed by atoms with Gasteiger partial charge in [0.05, 0.1) is 17.5 Å². The molecule has 1 heterocycles. The van der Waals surface area contributed by atoms with Crippen LogP contribution in [-0.2, 0) is 9.59 Å². The van der Waals surface area contributed by atoms with Crippen LogP contribution in [0, 0.1) is 0 Å². The number of aliphatic carboxylic acids is 2. The summed E-state index contributed by atoms with van der Waals surface area (Å²) in [5.41, 5.74) is 0.248. The van der Waals surface area contributed by atoms with E-state index in [2.05, 4.69) is 10.6 Å². The summed E-state index contributed by atoms with van der Waals surface area (Å²) in [5.74, 6) is -2.57. The van der Waals surface area contributed by atoms with Gasteiger partial charge in [-0.25, -0.2) is 4.79 Å². The summed E-state index contributed by atoms with van der Waals surface area (Å²) in [6, 6.07) is 8.50. The van der Waals surface area contributed by atoms with Crippen LogP contribution < -0.4 is 15.4 Å². The number of carbonyl (C=O) groups excluding carboxylic acids is 1. The Hall–Kier alpha value is -2.78. The first-order valence-electron chi connectivity index (χ1n) is 9.50. The molecule has 1 saturated heterocycles. The molecule has 0 saturated carbocycles. The Morgan fingerprint density at radius 1 is 1.20 bits per heavy atom. The number of ether oxygens (including phenoxy) is 1. The number of nitrogens with one attached hydrogen (secondary N) is 2. The lowest BCUT2D eigenvalue weighted by atomic mass is 10.0. The van der Waals surface area contributed by atoms with Crippen molar-refractivity contribution in [1.82, 2.24) is 10.6 Å². The minimum atomic E-state index is -1.33. The van der Waals surface area contributed by atoms with E-state index in [1.54, 1.807) is 39.0 Å². The quantitative estimate of drug-likeness (QED) is 0.525. The predicted molar refractivity (Wildman–Crippen MR) is 114 cm³/mol. The molecule has 0 spiro atoms. The fourth-order valence-corrected chi connectivity index (χ4v) is 5.05. The molecule has 3 atom stereocenters. The molecular weight excluding hydrogens is 408 g/mol. The van der Waals surface area contributed by atoms with Gasteiger partial charge in [-0.1, -0.05) is 30.3 Å². The van der Waals surface area contributed by atoms with Crippen molar-refractivity contribution < 1.29 is 29.3 Å².